The molecule has 25 heavy (non-hydrogen) atoms. The number of imidazole rings is 1. The molecule has 0 radical (unpaired) electrons. The van der Waals surface area contributed by atoms with Gasteiger partial charge in [-0.2, -0.15) is 0 Å². The average Bonchev–Trinajstić information content (AvgIpc) is 3.37. The van der Waals surface area contributed by atoms with E-state index in [1.807, 2.05) is 32.4 Å². The van der Waals surface area contributed by atoms with Crippen LogP contribution in [0.4, 0.5) is 5.69 Å². The fourth-order valence-corrected chi connectivity index (χ4v) is 3.19. The summed E-state index contributed by atoms with van der Waals surface area (Å²) in [7, 11) is 4.04. The monoisotopic (exact) mass is 338 g/mol. The second-order valence-corrected chi connectivity index (χ2v) is 6.64. The van der Waals surface area contributed by atoms with Crippen molar-refractivity contribution in [1.82, 2.24) is 25.1 Å². The summed E-state index contributed by atoms with van der Waals surface area (Å²) in [5, 5.41) is 8.53. The largest absolute Gasteiger partial charge is 0.420 e. The van der Waals surface area contributed by atoms with E-state index in [0.717, 1.165) is 49.0 Å². The number of likely N-dealkylation sites (tertiary alicyclic amines) is 1. The summed E-state index contributed by atoms with van der Waals surface area (Å²) >= 11 is 0. The van der Waals surface area contributed by atoms with Crippen LogP contribution in [0.25, 0.3) is 11.5 Å². The van der Waals surface area contributed by atoms with Crippen LogP contribution in [0.1, 0.15) is 24.1 Å². The van der Waals surface area contributed by atoms with Crippen molar-refractivity contribution >= 4 is 5.69 Å². The zero-order valence-electron chi connectivity index (χ0n) is 14.5. The maximum Gasteiger partial charge on any atom is 0.247 e. The van der Waals surface area contributed by atoms with Gasteiger partial charge < -0.3 is 14.3 Å². The molecule has 1 saturated heterocycles. The van der Waals surface area contributed by atoms with Crippen LogP contribution in [-0.4, -0.2) is 52.3 Å². The first-order chi connectivity index (χ1) is 12.2. The predicted octanol–water partition coefficient (Wildman–Crippen LogP) is 2.52. The first kappa shape index (κ1) is 15.8. The van der Waals surface area contributed by atoms with Gasteiger partial charge in [0, 0.05) is 44.3 Å². The highest BCUT2D eigenvalue weighted by molar-refractivity contribution is 5.58. The Morgan fingerprint density at radius 2 is 2.08 bits per heavy atom. The van der Waals surface area contributed by atoms with Crippen molar-refractivity contribution in [3.8, 4) is 11.5 Å². The third kappa shape index (κ3) is 3.41. The number of H-pyrrole nitrogens is 1. The first-order valence-electron chi connectivity index (χ1n) is 8.51. The number of rotatable bonds is 5. The highest BCUT2D eigenvalue weighted by atomic mass is 16.4. The zero-order chi connectivity index (χ0) is 17.2. The van der Waals surface area contributed by atoms with E-state index in [1.54, 1.807) is 6.20 Å². The van der Waals surface area contributed by atoms with Crippen molar-refractivity contribution in [1.29, 1.82) is 0 Å². The van der Waals surface area contributed by atoms with Crippen LogP contribution in [0, 0.1) is 0 Å². The van der Waals surface area contributed by atoms with E-state index >= 15 is 0 Å². The molecule has 1 aliphatic rings. The van der Waals surface area contributed by atoms with Gasteiger partial charge in [0.05, 0.1) is 12.5 Å². The Morgan fingerprint density at radius 1 is 1.24 bits per heavy atom. The molecule has 0 spiro atoms. The zero-order valence-corrected chi connectivity index (χ0v) is 14.5. The van der Waals surface area contributed by atoms with Gasteiger partial charge in [0.1, 0.15) is 5.82 Å². The van der Waals surface area contributed by atoms with Crippen LogP contribution < -0.4 is 4.90 Å². The smallest absolute Gasteiger partial charge is 0.247 e. The standard InChI is InChI=1S/C18H22N6O/c1-23(2)15-5-3-13(4-6-15)17-21-22-18(25-17)14-7-10-24(11-14)12-16-19-8-9-20-16/h3-6,8-9,14H,7,10-12H2,1-2H3,(H,19,20)/t14-/m0/s1. The molecule has 0 unspecified atom stereocenters. The lowest BCUT2D eigenvalue weighted by atomic mass is 10.1. The highest BCUT2D eigenvalue weighted by Crippen LogP contribution is 2.29. The average molecular weight is 338 g/mol. The van der Waals surface area contributed by atoms with Gasteiger partial charge in [-0.05, 0) is 37.2 Å². The molecule has 0 saturated carbocycles. The van der Waals surface area contributed by atoms with Crippen LogP contribution in [0.5, 0.6) is 0 Å². The molecular weight excluding hydrogens is 316 g/mol. The van der Waals surface area contributed by atoms with Gasteiger partial charge in [-0.25, -0.2) is 4.98 Å². The molecule has 0 aliphatic carbocycles. The molecule has 1 N–H and O–H groups in total. The van der Waals surface area contributed by atoms with E-state index in [0.29, 0.717) is 5.89 Å². The SMILES string of the molecule is CN(C)c1ccc(-c2nnc([C@H]3CCN(Cc4ncc[nH]4)C3)o2)cc1. The fourth-order valence-electron chi connectivity index (χ4n) is 3.19. The van der Waals surface area contributed by atoms with Crippen LogP contribution >= 0.6 is 0 Å². The van der Waals surface area contributed by atoms with Gasteiger partial charge >= 0.3 is 0 Å². The number of aromatic nitrogens is 4. The minimum atomic E-state index is 0.289. The van der Waals surface area contributed by atoms with E-state index in [2.05, 4.69) is 42.1 Å². The van der Waals surface area contributed by atoms with E-state index in [9.17, 15) is 0 Å². The lowest BCUT2D eigenvalue weighted by Gasteiger charge is -2.13. The molecule has 3 heterocycles. The summed E-state index contributed by atoms with van der Waals surface area (Å²) < 4.78 is 5.95. The minimum Gasteiger partial charge on any atom is -0.420 e. The summed E-state index contributed by atoms with van der Waals surface area (Å²) in [4.78, 5) is 11.9. The van der Waals surface area contributed by atoms with Crippen molar-refractivity contribution in [2.75, 3.05) is 32.1 Å². The number of nitrogens with one attached hydrogen (secondary N) is 1. The van der Waals surface area contributed by atoms with Crippen molar-refractivity contribution in [3.63, 3.8) is 0 Å². The number of anilines is 1. The maximum atomic E-state index is 5.95. The lowest BCUT2D eigenvalue weighted by molar-refractivity contribution is 0.313. The Hall–Kier alpha value is -2.67. The number of hydrogen-bond donors (Lipinski definition) is 1. The van der Waals surface area contributed by atoms with Crippen LogP contribution in [0.15, 0.2) is 41.1 Å². The van der Waals surface area contributed by atoms with Crippen molar-refractivity contribution < 1.29 is 4.42 Å². The summed E-state index contributed by atoms with van der Waals surface area (Å²) in [6, 6.07) is 8.15. The van der Waals surface area contributed by atoms with Gasteiger partial charge in [-0.15, -0.1) is 10.2 Å². The van der Waals surface area contributed by atoms with Crippen LogP contribution in [0.3, 0.4) is 0 Å². The normalized spacial score (nSPS) is 17.9. The number of aromatic amines is 1. The summed E-state index contributed by atoms with van der Waals surface area (Å²) in [5.41, 5.74) is 2.10. The van der Waals surface area contributed by atoms with Crippen molar-refractivity contribution in [2.24, 2.45) is 0 Å². The molecule has 1 atom stereocenters. The molecule has 2 aromatic heterocycles. The third-order valence-corrected chi connectivity index (χ3v) is 4.62. The van der Waals surface area contributed by atoms with Gasteiger partial charge in [0.2, 0.25) is 11.8 Å². The first-order valence-corrected chi connectivity index (χ1v) is 8.51. The Balaban J connectivity index is 1.43. The molecule has 0 bridgehead atoms. The summed E-state index contributed by atoms with van der Waals surface area (Å²) in [6.07, 6.45) is 4.67. The molecule has 3 aromatic rings. The molecule has 1 aromatic carbocycles. The number of hydrogen-bond acceptors (Lipinski definition) is 6. The molecule has 7 nitrogen and oxygen atoms in total. The predicted molar refractivity (Wildman–Crippen MR) is 95.3 cm³/mol. The van der Waals surface area contributed by atoms with Crippen molar-refractivity contribution in [2.45, 2.75) is 18.9 Å². The third-order valence-electron chi connectivity index (χ3n) is 4.62. The van der Waals surface area contributed by atoms with Crippen LogP contribution in [0.2, 0.25) is 0 Å². The maximum absolute atomic E-state index is 5.95. The summed E-state index contributed by atoms with van der Waals surface area (Å²) in [5.74, 6) is 2.60. The van der Waals surface area contributed by atoms with Gasteiger partial charge in [0.15, 0.2) is 0 Å². The Bertz CT molecular complexity index is 808. The fraction of sp³-hybridized carbons (Fsp3) is 0.389. The number of nitrogens with zero attached hydrogens (tertiary/aromatic N) is 5. The van der Waals surface area contributed by atoms with Crippen LogP contribution in [-0.2, 0) is 6.54 Å². The Labute approximate surface area is 146 Å². The van der Waals surface area contributed by atoms with Gasteiger partial charge in [-0.1, -0.05) is 0 Å². The second-order valence-electron chi connectivity index (χ2n) is 6.64. The van der Waals surface area contributed by atoms with E-state index in [-0.39, 0.29) is 5.92 Å². The Morgan fingerprint density at radius 3 is 2.80 bits per heavy atom. The highest BCUT2D eigenvalue weighted by Gasteiger charge is 2.28. The molecule has 0 amide bonds. The van der Waals surface area contributed by atoms with E-state index < -0.39 is 0 Å². The van der Waals surface area contributed by atoms with Gasteiger partial charge in [0.25, 0.3) is 0 Å². The van der Waals surface area contributed by atoms with E-state index in [1.165, 1.54) is 0 Å². The molecule has 4 rings (SSSR count). The molecule has 130 valence electrons. The minimum absolute atomic E-state index is 0.289. The second kappa shape index (κ2) is 6.68. The molecule has 1 fully saturated rings. The lowest BCUT2D eigenvalue weighted by Crippen LogP contribution is -2.20. The molecule has 7 heteroatoms. The quantitative estimate of drug-likeness (QED) is 0.770. The summed E-state index contributed by atoms with van der Waals surface area (Å²) in [6.45, 7) is 2.76. The van der Waals surface area contributed by atoms with Gasteiger partial charge in [-0.3, -0.25) is 4.90 Å². The topological polar surface area (TPSA) is 74.1 Å². The Kier molecular flexibility index (Phi) is 4.23. The number of benzene rings is 1. The molecular formula is C18H22N6O. The molecule has 1 aliphatic heterocycles. The van der Waals surface area contributed by atoms with E-state index in [4.69, 9.17) is 4.42 Å². The van der Waals surface area contributed by atoms with Crippen molar-refractivity contribution in [3.05, 3.63) is 48.4 Å².